The summed E-state index contributed by atoms with van der Waals surface area (Å²) >= 11 is 2.31. The highest BCUT2D eigenvalue weighted by atomic mass is 127. The lowest BCUT2D eigenvalue weighted by Gasteiger charge is -2.11. The van der Waals surface area contributed by atoms with Crippen molar-refractivity contribution in [1.82, 2.24) is 9.97 Å². The lowest BCUT2D eigenvalue weighted by Crippen LogP contribution is -2.08. The first-order valence-corrected chi connectivity index (χ1v) is 7.60. The minimum absolute atomic E-state index is 0.669. The lowest BCUT2D eigenvalue weighted by molar-refractivity contribution is 0.575. The Morgan fingerprint density at radius 1 is 1.32 bits per heavy atom. The molecule has 0 spiro atoms. The van der Waals surface area contributed by atoms with E-state index >= 15 is 0 Å². The molecule has 2 rings (SSSR count). The van der Waals surface area contributed by atoms with Crippen molar-refractivity contribution in [3.8, 4) is 11.6 Å². The quantitative estimate of drug-likeness (QED) is 0.807. The SMILES string of the molecule is CCCc1nc(-c2occc2C)nc(NCC)c1I. The normalized spacial score (nSPS) is 10.7. The second-order valence-corrected chi connectivity index (χ2v) is 5.45. The van der Waals surface area contributed by atoms with E-state index in [1.54, 1.807) is 6.26 Å². The molecule has 0 bridgehead atoms. The predicted octanol–water partition coefficient (Wildman–Crippen LogP) is 4.03. The Kier molecular flexibility index (Phi) is 4.79. The molecule has 2 aromatic heterocycles. The van der Waals surface area contributed by atoms with E-state index < -0.39 is 0 Å². The highest BCUT2D eigenvalue weighted by Gasteiger charge is 2.15. The van der Waals surface area contributed by atoms with E-state index in [0.29, 0.717) is 5.82 Å². The minimum Gasteiger partial charge on any atom is -0.461 e. The zero-order valence-electron chi connectivity index (χ0n) is 11.5. The highest BCUT2D eigenvalue weighted by Crippen LogP contribution is 2.27. The van der Waals surface area contributed by atoms with Gasteiger partial charge in [-0.15, -0.1) is 0 Å². The molecule has 0 aliphatic carbocycles. The van der Waals surface area contributed by atoms with Gasteiger partial charge in [-0.25, -0.2) is 9.97 Å². The molecule has 0 amide bonds. The van der Waals surface area contributed by atoms with Crippen LogP contribution in [0, 0.1) is 10.5 Å². The number of nitrogens with zero attached hydrogens (tertiary/aromatic N) is 2. The zero-order valence-corrected chi connectivity index (χ0v) is 13.6. The van der Waals surface area contributed by atoms with Crippen LogP contribution in [0.3, 0.4) is 0 Å². The molecule has 0 aliphatic rings. The van der Waals surface area contributed by atoms with Gasteiger partial charge in [-0.1, -0.05) is 13.3 Å². The van der Waals surface area contributed by atoms with E-state index in [4.69, 9.17) is 4.42 Å². The van der Waals surface area contributed by atoms with Crippen LogP contribution in [0.5, 0.6) is 0 Å². The summed E-state index contributed by atoms with van der Waals surface area (Å²) in [6.45, 7) is 7.07. The first kappa shape index (κ1) is 14.3. The average molecular weight is 371 g/mol. The number of aromatic nitrogens is 2. The van der Waals surface area contributed by atoms with E-state index in [2.05, 4.69) is 51.7 Å². The van der Waals surface area contributed by atoms with E-state index in [-0.39, 0.29) is 0 Å². The van der Waals surface area contributed by atoms with E-state index in [9.17, 15) is 0 Å². The van der Waals surface area contributed by atoms with Crippen LogP contribution < -0.4 is 5.32 Å². The van der Waals surface area contributed by atoms with Crippen LogP contribution in [-0.4, -0.2) is 16.5 Å². The molecule has 1 N–H and O–H groups in total. The van der Waals surface area contributed by atoms with Crippen LogP contribution >= 0.6 is 22.6 Å². The standard InChI is InChI=1S/C14H18IN3O/c1-4-6-10-11(15)13(16-5-2)18-14(17-10)12-9(3)7-8-19-12/h7-8H,4-6H2,1-3H3,(H,16,17,18). The molecule has 0 aromatic carbocycles. The van der Waals surface area contributed by atoms with Crippen LogP contribution in [-0.2, 0) is 6.42 Å². The fourth-order valence-corrected chi connectivity index (χ4v) is 2.59. The van der Waals surface area contributed by atoms with Gasteiger partial charge in [-0.3, -0.25) is 0 Å². The summed E-state index contributed by atoms with van der Waals surface area (Å²) in [6, 6.07) is 1.93. The van der Waals surface area contributed by atoms with Crippen molar-refractivity contribution in [2.75, 3.05) is 11.9 Å². The number of anilines is 1. The highest BCUT2D eigenvalue weighted by molar-refractivity contribution is 14.1. The van der Waals surface area contributed by atoms with Gasteiger partial charge in [-0.2, -0.15) is 0 Å². The van der Waals surface area contributed by atoms with Crippen molar-refractivity contribution in [3.05, 3.63) is 27.2 Å². The van der Waals surface area contributed by atoms with Crippen molar-refractivity contribution in [2.24, 2.45) is 0 Å². The van der Waals surface area contributed by atoms with Gasteiger partial charge in [0.05, 0.1) is 15.5 Å². The van der Waals surface area contributed by atoms with Gasteiger partial charge in [0.1, 0.15) is 5.82 Å². The summed E-state index contributed by atoms with van der Waals surface area (Å²) in [5.41, 5.74) is 2.14. The maximum Gasteiger partial charge on any atom is 0.198 e. The van der Waals surface area contributed by atoms with Crippen molar-refractivity contribution in [3.63, 3.8) is 0 Å². The summed E-state index contributed by atoms with van der Waals surface area (Å²) in [5, 5.41) is 3.30. The maximum atomic E-state index is 5.50. The number of nitrogens with one attached hydrogen (secondary N) is 1. The van der Waals surface area contributed by atoms with Crippen molar-refractivity contribution >= 4 is 28.4 Å². The summed E-state index contributed by atoms with van der Waals surface area (Å²) in [5.74, 6) is 2.32. The molecule has 102 valence electrons. The lowest BCUT2D eigenvalue weighted by atomic mass is 10.2. The van der Waals surface area contributed by atoms with Gasteiger partial charge >= 0.3 is 0 Å². The van der Waals surface area contributed by atoms with Crippen molar-refractivity contribution < 1.29 is 4.42 Å². The van der Waals surface area contributed by atoms with Crippen LogP contribution in [0.15, 0.2) is 16.7 Å². The van der Waals surface area contributed by atoms with Crippen molar-refractivity contribution in [2.45, 2.75) is 33.6 Å². The van der Waals surface area contributed by atoms with Gasteiger partial charge < -0.3 is 9.73 Å². The molecule has 2 heterocycles. The third-order valence-electron chi connectivity index (χ3n) is 2.82. The van der Waals surface area contributed by atoms with Gasteiger partial charge in [-0.05, 0) is 54.5 Å². The topological polar surface area (TPSA) is 51.0 Å². The molecule has 0 radical (unpaired) electrons. The van der Waals surface area contributed by atoms with Gasteiger partial charge in [0, 0.05) is 6.54 Å². The second kappa shape index (κ2) is 6.36. The largest absolute Gasteiger partial charge is 0.461 e. The third kappa shape index (κ3) is 3.08. The summed E-state index contributed by atoms with van der Waals surface area (Å²) in [6.07, 6.45) is 3.69. The molecule has 4 nitrogen and oxygen atoms in total. The molecule has 0 atom stereocenters. The van der Waals surface area contributed by atoms with Crippen LogP contribution in [0.2, 0.25) is 0 Å². The minimum atomic E-state index is 0.669. The number of hydrogen-bond donors (Lipinski definition) is 1. The summed E-state index contributed by atoms with van der Waals surface area (Å²) in [4.78, 5) is 9.24. The molecule has 0 saturated carbocycles. The van der Waals surface area contributed by atoms with Gasteiger partial charge in [0.25, 0.3) is 0 Å². The Morgan fingerprint density at radius 3 is 2.68 bits per heavy atom. The van der Waals surface area contributed by atoms with Crippen molar-refractivity contribution in [1.29, 1.82) is 0 Å². The molecule has 19 heavy (non-hydrogen) atoms. The monoisotopic (exact) mass is 371 g/mol. The Bertz CT molecular complexity index is 539. The van der Waals surface area contributed by atoms with Crippen LogP contribution in [0.1, 0.15) is 31.5 Å². The van der Waals surface area contributed by atoms with Crippen LogP contribution in [0.4, 0.5) is 5.82 Å². The molecule has 2 aromatic rings. The number of halogens is 1. The van der Waals surface area contributed by atoms with Gasteiger partial charge in [0.15, 0.2) is 11.6 Å². The fraction of sp³-hybridized carbons (Fsp3) is 0.429. The smallest absolute Gasteiger partial charge is 0.198 e. The molecule has 0 saturated heterocycles. The maximum absolute atomic E-state index is 5.50. The van der Waals surface area contributed by atoms with Gasteiger partial charge in [0.2, 0.25) is 0 Å². The Hall–Kier alpha value is -1.11. The van der Waals surface area contributed by atoms with E-state index in [1.807, 2.05) is 13.0 Å². The summed E-state index contributed by atoms with van der Waals surface area (Å²) in [7, 11) is 0. The second-order valence-electron chi connectivity index (χ2n) is 4.37. The number of aryl methyl sites for hydroxylation is 2. The molecular weight excluding hydrogens is 353 g/mol. The molecule has 0 aliphatic heterocycles. The molecular formula is C14H18IN3O. The third-order valence-corrected chi connectivity index (χ3v) is 3.95. The molecule has 5 heteroatoms. The van der Waals surface area contributed by atoms with E-state index in [1.165, 1.54) is 0 Å². The Labute approximate surface area is 127 Å². The number of rotatable bonds is 5. The fourth-order valence-electron chi connectivity index (χ4n) is 1.88. The molecule has 0 unspecified atom stereocenters. The number of hydrogen-bond acceptors (Lipinski definition) is 4. The Morgan fingerprint density at radius 2 is 2.11 bits per heavy atom. The van der Waals surface area contributed by atoms with E-state index in [0.717, 1.165) is 45.8 Å². The first-order valence-electron chi connectivity index (χ1n) is 6.52. The first-order chi connectivity index (χ1) is 9.17. The van der Waals surface area contributed by atoms with Crippen LogP contribution in [0.25, 0.3) is 11.6 Å². The number of furan rings is 1. The summed E-state index contributed by atoms with van der Waals surface area (Å²) < 4.78 is 6.61. The molecule has 0 fully saturated rings. The average Bonchev–Trinajstić information content (AvgIpc) is 2.81. The predicted molar refractivity (Wildman–Crippen MR) is 85.3 cm³/mol. The Balaban J connectivity index is 2.52. The zero-order chi connectivity index (χ0) is 13.8.